The maximum absolute atomic E-state index is 9.82. The van der Waals surface area contributed by atoms with Gasteiger partial charge in [0.1, 0.15) is 17.7 Å². The van der Waals surface area contributed by atoms with Crippen LogP contribution in [0, 0.1) is 22.7 Å². The molecule has 7 rings (SSSR count). The zero-order chi connectivity index (χ0) is 24.9. The van der Waals surface area contributed by atoms with Gasteiger partial charge in [-0.2, -0.15) is 10.5 Å². The van der Waals surface area contributed by atoms with Crippen molar-refractivity contribution >= 4 is 38.2 Å². The van der Waals surface area contributed by atoms with Crippen LogP contribution in [0.5, 0.6) is 0 Å². The molecule has 7 aromatic rings. The first-order chi connectivity index (χ1) is 18.3. The average molecular weight is 472 g/mol. The maximum Gasteiger partial charge on any atom is 0.179 e. The van der Waals surface area contributed by atoms with Gasteiger partial charge in [-0.15, -0.1) is 0 Å². The van der Waals surface area contributed by atoms with Crippen LogP contribution in [0.2, 0.25) is 0 Å². The van der Waals surface area contributed by atoms with Gasteiger partial charge in [-0.3, -0.25) is 4.40 Å². The first-order valence-corrected chi connectivity index (χ1v) is 11.9. The van der Waals surface area contributed by atoms with Crippen LogP contribution in [0.1, 0.15) is 11.4 Å². The lowest BCUT2D eigenvalue weighted by Crippen LogP contribution is -2.03. The maximum atomic E-state index is 9.82. The average Bonchev–Trinajstić information content (AvgIpc) is 3.38. The predicted molar refractivity (Wildman–Crippen MR) is 146 cm³/mol. The summed E-state index contributed by atoms with van der Waals surface area (Å²) in [6.45, 7) is 0. The van der Waals surface area contributed by atoms with Gasteiger partial charge in [0.2, 0.25) is 0 Å². The van der Waals surface area contributed by atoms with E-state index >= 15 is 0 Å². The van der Waals surface area contributed by atoms with Crippen molar-refractivity contribution in [3.63, 3.8) is 0 Å². The van der Waals surface area contributed by atoms with E-state index in [9.17, 15) is 10.5 Å². The van der Waals surface area contributed by atoms with E-state index in [2.05, 4.69) is 71.1 Å². The fraction of sp³-hybridized carbons (Fsp3) is 0. The summed E-state index contributed by atoms with van der Waals surface area (Å²) >= 11 is 0. The highest BCUT2D eigenvalue weighted by Gasteiger charge is 2.22. The smallest absolute Gasteiger partial charge is 0.179 e. The van der Waals surface area contributed by atoms with Gasteiger partial charge in [0.05, 0.1) is 11.2 Å². The zero-order valence-electron chi connectivity index (χ0n) is 19.6. The molecule has 0 amide bonds. The molecule has 5 heteroatoms. The monoisotopic (exact) mass is 471 g/mol. The van der Waals surface area contributed by atoms with Gasteiger partial charge in [-0.1, -0.05) is 97.1 Å². The van der Waals surface area contributed by atoms with Crippen LogP contribution in [0.25, 0.3) is 60.6 Å². The fourth-order valence-electron chi connectivity index (χ4n) is 5.29. The molecule has 0 saturated carbocycles. The standard InChI is InChI=1S/C32H17N5/c33-18-26-27(19-34)36-32-30(35-26)29-23-14-8-7-11-21(23)15-16-24(29)31-25(20-9-3-1-4-10-20)17-28(37(31)32)22-12-5-2-6-13-22/h1-17H. The number of aromatic nitrogens is 3. The summed E-state index contributed by atoms with van der Waals surface area (Å²) in [5.74, 6) is 0. The molecular weight excluding hydrogens is 454 g/mol. The molecule has 0 unspecified atom stereocenters. The van der Waals surface area contributed by atoms with Crippen molar-refractivity contribution in [2.75, 3.05) is 0 Å². The lowest BCUT2D eigenvalue weighted by Gasteiger charge is -2.14. The minimum atomic E-state index is 0.0184. The number of hydrogen-bond acceptors (Lipinski definition) is 4. The summed E-state index contributed by atoms with van der Waals surface area (Å²) in [5, 5.41) is 23.6. The number of pyridine rings is 1. The Balaban J connectivity index is 1.82. The van der Waals surface area contributed by atoms with Gasteiger partial charge in [0.25, 0.3) is 0 Å². The van der Waals surface area contributed by atoms with E-state index in [1.807, 2.05) is 48.5 Å². The second-order valence-corrected chi connectivity index (χ2v) is 8.89. The number of fused-ring (bicyclic) bond motifs is 8. The van der Waals surface area contributed by atoms with Crippen molar-refractivity contribution in [3.05, 3.63) is 115 Å². The van der Waals surface area contributed by atoms with E-state index in [1.165, 1.54) is 0 Å². The molecule has 37 heavy (non-hydrogen) atoms. The van der Waals surface area contributed by atoms with Gasteiger partial charge in [0.15, 0.2) is 17.0 Å². The quantitative estimate of drug-likeness (QED) is 0.249. The Bertz CT molecular complexity index is 2090. The molecule has 0 bridgehead atoms. The van der Waals surface area contributed by atoms with Gasteiger partial charge in [0, 0.05) is 16.3 Å². The van der Waals surface area contributed by atoms with Crippen molar-refractivity contribution in [1.82, 2.24) is 14.4 Å². The van der Waals surface area contributed by atoms with Crippen LogP contribution in [-0.2, 0) is 0 Å². The van der Waals surface area contributed by atoms with Crippen molar-refractivity contribution in [2.24, 2.45) is 0 Å². The van der Waals surface area contributed by atoms with Crippen molar-refractivity contribution in [1.29, 1.82) is 10.5 Å². The molecule has 0 aliphatic rings. The first kappa shape index (κ1) is 20.8. The highest BCUT2D eigenvalue weighted by Crippen LogP contribution is 2.42. The Morgan fingerprint density at radius 1 is 0.622 bits per heavy atom. The van der Waals surface area contributed by atoms with Crippen molar-refractivity contribution in [2.45, 2.75) is 0 Å². The number of nitriles is 2. The van der Waals surface area contributed by atoms with E-state index in [1.54, 1.807) is 0 Å². The SMILES string of the molecule is N#Cc1nc2c3c4ccccc4ccc3c3c(-c4ccccc4)cc(-c4ccccc4)n3c2nc1C#N. The Labute approximate surface area is 212 Å². The topological polar surface area (TPSA) is 77.8 Å². The first-order valence-electron chi connectivity index (χ1n) is 11.9. The largest absolute Gasteiger partial charge is 0.291 e. The van der Waals surface area contributed by atoms with E-state index in [-0.39, 0.29) is 11.4 Å². The second-order valence-electron chi connectivity index (χ2n) is 8.89. The number of hydrogen-bond donors (Lipinski definition) is 0. The number of rotatable bonds is 2. The lowest BCUT2D eigenvalue weighted by atomic mass is 9.98. The minimum absolute atomic E-state index is 0.0184. The molecule has 0 atom stereocenters. The summed E-state index contributed by atoms with van der Waals surface area (Å²) < 4.78 is 2.10. The molecule has 0 radical (unpaired) electrons. The third kappa shape index (κ3) is 3.02. The molecule has 0 spiro atoms. The molecular formula is C32H17N5. The summed E-state index contributed by atoms with van der Waals surface area (Å²) in [6, 6.07) is 39.1. The lowest BCUT2D eigenvalue weighted by molar-refractivity contribution is 1.14. The molecule has 0 saturated heterocycles. The normalized spacial score (nSPS) is 11.2. The molecule has 0 fully saturated rings. The molecule has 0 aliphatic carbocycles. The Morgan fingerprint density at radius 2 is 1.27 bits per heavy atom. The van der Waals surface area contributed by atoms with E-state index in [4.69, 9.17) is 9.97 Å². The zero-order valence-corrected chi connectivity index (χ0v) is 19.6. The minimum Gasteiger partial charge on any atom is -0.291 e. The van der Waals surface area contributed by atoms with Crippen LogP contribution >= 0.6 is 0 Å². The van der Waals surface area contributed by atoms with Crippen LogP contribution in [0.3, 0.4) is 0 Å². The van der Waals surface area contributed by atoms with Crippen molar-refractivity contribution < 1.29 is 0 Å². The van der Waals surface area contributed by atoms with Gasteiger partial charge >= 0.3 is 0 Å². The van der Waals surface area contributed by atoms with Crippen molar-refractivity contribution in [3.8, 4) is 34.5 Å². The van der Waals surface area contributed by atoms with Gasteiger partial charge in [-0.25, -0.2) is 9.97 Å². The molecule has 0 N–H and O–H groups in total. The molecule has 170 valence electrons. The van der Waals surface area contributed by atoms with Crippen LogP contribution in [-0.4, -0.2) is 14.4 Å². The third-order valence-corrected chi connectivity index (χ3v) is 6.88. The van der Waals surface area contributed by atoms with Gasteiger partial charge < -0.3 is 0 Å². The highest BCUT2D eigenvalue weighted by molar-refractivity contribution is 6.24. The predicted octanol–water partition coefficient (Wildman–Crippen LogP) is 7.27. The highest BCUT2D eigenvalue weighted by atomic mass is 15.0. The molecule has 0 aliphatic heterocycles. The van der Waals surface area contributed by atoms with Crippen LogP contribution < -0.4 is 0 Å². The second kappa shape index (κ2) is 8.02. The number of nitrogens with zero attached hydrogens (tertiary/aromatic N) is 5. The Kier molecular flexibility index (Phi) is 4.51. The number of benzene rings is 4. The van der Waals surface area contributed by atoms with Crippen LogP contribution in [0.15, 0.2) is 103 Å². The summed E-state index contributed by atoms with van der Waals surface area (Å²) in [6.07, 6.45) is 0. The summed E-state index contributed by atoms with van der Waals surface area (Å²) in [4.78, 5) is 9.50. The van der Waals surface area contributed by atoms with E-state index < -0.39 is 0 Å². The molecule has 4 aromatic carbocycles. The summed E-state index contributed by atoms with van der Waals surface area (Å²) in [5.41, 5.74) is 6.29. The Morgan fingerprint density at radius 3 is 2.00 bits per heavy atom. The summed E-state index contributed by atoms with van der Waals surface area (Å²) in [7, 11) is 0. The van der Waals surface area contributed by atoms with Gasteiger partial charge in [-0.05, 0) is 28.0 Å². The van der Waals surface area contributed by atoms with E-state index in [0.29, 0.717) is 11.2 Å². The molecule has 3 aromatic heterocycles. The Hall–Kier alpha value is -5.52. The fourth-order valence-corrected chi connectivity index (χ4v) is 5.29. The molecule has 3 heterocycles. The van der Waals surface area contributed by atoms with Crippen LogP contribution in [0.4, 0.5) is 0 Å². The third-order valence-electron chi connectivity index (χ3n) is 6.88. The molecule has 5 nitrogen and oxygen atoms in total. The van der Waals surface area contributed by atoms with E-state index in [0.717, 1.165) is 49.4 Å².